The van der Waals surface area contributed by atoms with Gasteiger partial charge in [0.1, 0.15) is 0 Å². The molecule has 0 atom stereocenters. The second-order valence-corrected chi connectivity index (χ2v) is 6.18. The Bertz CT molecular complexity index is 297. The summed E-state index contributed by atoms with van der Waals surface area (Å²) in [6.07, 6.45) is 7.34. The molecule has 0 saturated carbocycles. The van der Waals surface area contributed by atoms with Crippen LogP contribution in [0.25, 0.3) is 0 Å². The first-order valence-electron chi connectivity index (χ1n) is 8.50. The lowest BCUT2D eigenvalue weighted by Gasteiger charge is -2.21. The molecule has 0 fully saturated rings. The van der Waals surface area contributed by atoms with E-state index in [4.69, 9.17) is 5.41 Å². The summed E-state index contributed by atoms with van der Waals surface area (Å²) >= 11 is 0. The van der Waals surface area contributed by atoms with Crippen LogP contribution >= 0.6 is 0 Å². The number of hydrogen-bond acceptors (Lipinski definition) is 2. The Labute approximate surface area is 126 Å². The highest BCUT2D eigenvalue weighted by atomic mass is 14.9. The number of allylic oxidation sites excluding steroid dienone is 2. The maximum absolute atomic E-state index is 8.02. The monoisotopic (exact) mass is 280 g/mol. The van der Waals surface area contributed by atoms with E-state index in [9.17, 15) is 0 Å². The Hall–Kier alpha value is -0.790. The lowest BCUT2D eigenvalue weighted by molar-refractivity contribution is 0.403. The fourth-order valence-corrected chi connectivity index (χ4v) is 2.86. The Morgan fingerprint density at radius 3 is 1.95 bits per heavy atom. The molecule has 20 heavy (non-hydrogen) atoms. The molecule has 0 aromatic rings. The van der Waals surface area contributed by atoms with E-state index in [1.54, 1.807) is 0 Å². The van der Waals surface area contributed by atoms with E-state index < -0.39 is 0 Å². The van der Waals surface area contributed by atoms with Gasteiger partial charge >= 0.3 is 0 Å². The lowest BCUT2D eigenvalue weighted by Crippen LogP contribution is -2.24. The first-order chi connectivity index (χ1) is 9.47. The fraction of sp³-hybridized carbons (Fsp3) is 0.833. The molecular formula is C18H36N2. The highest BCUT2D eigenvalue weighted by Crippen LogP contribution is 2.18. The predicted molar refractivity (Wildman–Crippen MR) is 91.5 cm³/mol. The summed E-state index contributed by atoms with van der Waals surface area (Å²) in [6.45, 7) is 14.2. The molecule has 0 aliphatic heterocycles. The summed E-state index contributed by atoms with van der Waals surface area (Å²) < 4.78 is 0. The standard InChI is InChI=1S/C18H36N2/c1-7-10-16(11-8-2)12-13-20-18(14(4)5)15(6)17(19)9-3/h14,16,19-20H,7-13H2,1-6H3/b18-15-,19-17?. The molecule has 118 valence electrons. The minimum Gasteiger partial charge on any atom is -0.388 e. The van der Waals surface area contributed by atoms with E-state index in [2.05, 4.69) is 46.9 Å². The molecule has 0 heterocycles. The molecule has 0 aliphatic rings. The van der Waals surface area contributed by atoms with Crippen LogP contribution in [0.1, 0.15) is 80.1 Å². The van der Waals surface area contributed by atoms with Crippen LogP contribution in [0.5, 0.6) is 0 Å². The van der Waals surface area contributed by atoms with Crippen LogP contribution in [0.4, 0.5) is 0 Å². The third-order valence-electron chi connectivity index (χ3n) is 4.05. The average molecular weight is 281 g/mol. The fourth-order valence-electron chi connectivity index (χ4n) is 2.86. The smallest absolute Gasteiger partial charge is 0.0357 e. The molecule has 2 nitrogen and oxygen atoms in total. The maximum Gasteiger partial charge on any atom is 0.0357 e. The second-order valence-electron chi connectivity index (χ2n) is 6.18. The zero-order valence-electron chi connectivity index (χ0n) is 14.6. The van der Waals surface area contributed by atoms with Gasteiger partial charge in [0.15, 0.2) is 0 Å². The SMILES string of the molecule is CCCC(CCC)CCN/C(=C(/C)C(=N)CC)C(C)C. The third-order valence-corrected chi connectivity index (χ3v) is 4.05. The molecule has 0 unspecified atom stereocenters. The molecule has 0 spiro atoms. The molecule has 2 heteroatoms. The van der Waals surface area contributed by atoms with Crippen LogP contribution in [0.15, 0.2) is 11.3 Å². The van der Waals surface area contributed by atoms with Gasteiger partial charge in [-0.05, 0) is 37.2 Å². The summed E-state index contributed by atoms with van der Waals surface area (Å²) in [4.78, 5) is 0. The van der Waals surface area contributed by atoms with Gasteiger partial charge in [0.2, 0.25) is 0 Å². The minimum absolute atomic E-state index is 0.470. The third kappa shape index (κ3) is 7.12. The van der Waals surface area contributed by atoms with Crippen molar-refractivity contribution in [2.75, 3.05) is 6.54 Å². The molecule has 0 amide bonds. The largest absolute Gasteiger partial charge is 0.388 e. The minimum atomic E-state index is 0.470. The first-order valence-corrected chi connectivity index (χ1v) is 8.50. The van der Waals surface area contributed by atoms with Gasteiger partial charge in [-0.1, -0.05) is 60.3 Å². The molecular weight excluding hydrogens is 244 g/mol. The number of rotatable bonds is 11. The van der Waals surface area contributed by atoms with Crippen molar-refractivity contribution in [3.05, 3.63) is 11.3 Å². The molecule has 0 bridgehead atoms. The second kappa shape index (κ2) is 10.9. The van der Waals surface area contributed by atoms with Crippen molar-refractivity contribution in [1.82, 2.24) is 5.32 Å². The Kier molecular flexibility index (Phi) is 10.5. The molecule has 0 aliphatic carbocycles. The molecule has 0 saturated heterocycles. The summed E-state index contributed by atoms with van der Waals surface area (Å²) in [7, 11) is 0. The van der Waals surface area contributed by atoms with Gasteiger partial charge in [-0.2, -0.15) is 0 Å². The summed E-state index contributed by atoms with van der Waals surface area (Å²) in [5, 5.41) is 11.6. The Balaban J connectivity index is 4.52. The summed E-state index contributed by atoms with van der Waals surface area (Å²) in [5.41, 5.74) is 3.17. The molecule has 2 N–H and O–H groups in total. The number of nitrogens with one attached hydrogen (secondary N) is 2. The van der Waals surface area contributed by atoms with Crippen LogP contribution < -0.4 is 5.32 Å². The molecule has 0 radical (unpaired) electrons. The van der Waals surface area contributed by atoms with Gasteiger partial charge in [0, 0.05) is 18.0 Å². The van der Waals surface area contributed by atoms with Crippen molar-refractivity contribution in [2.24, 2.45) is 11.8 Å². The van der Waals surface area contributed by atoms with Gasteiger partial charge in [-0.25, -0.2) is 0 Å². The zero-order chi connectivity index (χ0) is 15.5. The topological polar surface area (TPSA) is 35.9 Å². The zero-order valence-corrected chi connectivity index (χ0v) is 14.6. The van der Waals surface area contributed by atoms with E-state index >= 15 is 0 Å². The average Bonchev–Trinajstić information content (AvgIpc) is 2.41. The van der Waals surface area contributed by atoms with Crippen LogP contribution in [0.2, 0.25) is 0 Å². The van der Waals surface area contributed by atoms with Crippen LogP contribution in [0, 0.1) is 17.2 Å². The van der Waals surface area contributed by atoms with E-state index in [0.717, 1.165) is 30.2 Å². The highest BCUT2D eigenvalue weighted by molar-refractivity contribution is 5.97. The quantitative estimate of drug-likeness (QED) is 0.479. The van der Waals surface area contributed by atoms with E-state index in [1.165, 1.54) is 37.8 Å². The highest BCUT2D eigenvalue weighted by Gasteiger charge is 2.11. The predicted octanol–water partition coefficient (Wildman–Crippen LogP) is 5.54. The maximum atomic E-state index is 8.02. The van der Waals surface area contributed by atoms with Crippen molar-refractivity contribution >= 4 is 5.71 Å². The summed E-state index contributed by atoms with van der Waals surface area (Å²) in [6, 6.07) is 0. The molecule has 0 rings (SSSR count). The van der Waals surface area contributed by atoms with Gasteiger partial charge in [0.05, 0.1) is 0 Å². The van der Waals surface area contributed by atoms with E-state index in [-0.39, 0.29) is 0 Å². The van der Waals surface area contributed by atoms with Gasteiger partial charge in [-0.3, -0.25) is 0 Å². The number of hydrogen-bond donors (Lipinski definition) is 2. The van der Waals surface area contributed by atoms with Crippen molar-refractivity contribution in [2.45, 2.75) is 80.1 Å². The Morgan fingerprint density at radius 2 is 1.55 bits per heavy atom. The van der Waals surface area contributed by atoms with Crippen LogP contribution in [-0.2, 0) is 0 Å². The van der Waals surface area contributed by atoms with Gasteiger partial charge in [0.25, 0.3) is 0 Å². The van der Waals surface area contributed by atoms with E-state index in [0.29, 0.717) is 5.92 Å². The van der Waals surface area contributed by atoms with Crippen molar-refractivity contribution in [3.8, 4) is 0 Å². The summed E-state index contributed by atoms with van der Waals surface area (Å²) in [5.74, 6) is 1.33. The van der Waals surface area contributed by atoms with Crippen LogP contribution in [0.3, 0.4) is 0 Å². The van der Waals surface area contributed by atoms with Gasteiger partial charge < -0.3 is 10.7 Å². The first kappa shape index (κ1) is 19.2. The Morgan fingerprint density at radius 1 is 1.00 bits per heavy atom. The normalized spacial score (nSPS) is 12.8. The lowest BCUT2D eigenvalue weighted by atomic mass is 9.94. The van der Waals surface area contributed by atoms with Crippen LogP contribution in [-0.4, -0.2) is 12.3 Å². The van der Waals surface area contributed by atoms with Crippen molar-refractivity contribution in [1.29, 1.82) is 5.41 Å². The van der Waals surface area contributed by atoms with Crippen molar-refractivity contribution in [3.63, 3.8) is 0 Å². The van der Waals surface area contributed by atoms with Crippen molar-refractivity contribution < 1.29 is 0 Å². The molecule has 0 aromatic heterocycles. The molecule has 0 aromatic carbocycles. The van der Waals surface area contributed by atoms with E-state index in [1.807, 2.05) is 0 Å². The van der Waals surface area contributed by atoms with Gasteiger partial charge in [-0.15, -0.1) is 0 Å².